The van der Waals surface area contributed by atoms with Crippen molar-refractivity contribution in [3.63, 3.8) is 0 Å². The summed E-state index contributed by atoms with van der Waals surface area (Å²) in [6, 6.07) is 6.41. The van der Waals surface area contributed by atoms with Crippen LogP contribution >= 0.6 is 15.9 Å². The fourth-order valence-electron chi connectivity index (χ4n) is 1.14. The summed E-state index contributed by atoms with van der Waals surface area (Å²) in [4.78, 5) is 21.6. The van der Waals surface area contributed by atoms with E-state index in [1.54, 1.807) is 12.1 Å². The highest BCUT2D eigenvalue weighted by atomic mass is 79.9. The van der Waals surface area contributed by atoms with Crippen molar-refractivity contribution in [3.05, 3.63) is 29.8 Å². The molecule has 0 heterocycles. The molecular weight excluding hydrogens is 274 g/mol. The molecule has 0 radical (unpaired) electrons. The minimum Gasteiger partial charge on any atom is -0.478 e. The fourth-order valence-corrected chi connectivity index (χ4v) is 1.42. The number of hydrogen-bond donors (Lipinski definition) is 2. The summed E-state index contributed by atoms with van der Waals surface area (Å²) >= 11 is 3.08. The van der Waals surface area contributed by atoms with Gasteiger partial charge < -0.3 is 10.4 Å². The summed E-state index contributed by atoms with van der Waals surface area (Å²) in [5, 5.41) is 12.1. The van der Waals surface area contributed by atoms with Gasteiger partial charge in [0, 0.05) is 18.7 Å². The van der Waals surface area contributed by atoms with Gasteiger partial charge in [-0.2, -0.15) is 0 Å². The molecule has 0 unspecified atom stereocenters. The van der Waals surface area contributed by atoms with Crippen molar-refractivity contribution in [2.45, 2.75) is 6.42 Å². The molecule has 4 nitrogen and oxygen atoms in total. The third-order valence-electron chi connectivity index (χ3n) is 2.01. The highest BCUT2D eigenvalue weighted by molar-refractivity contribution is 9.09. The number of halogens is 1. The Morgan fingerprint density at radius 2 is 1.88 bits per heavy atom. The van der Waals surface area contributed by atoms with Gasteiger partial charge in [0.25, 0.3) is 0 Å². The molecule has 1 aromatic rings. The molecule has 0 aliphatic heterocycles. The summed E-state index contributed by atoms with van der Waals surface area (Å²) < 4.78 is 0. The van der Waals surface area contributed by atoms with E-state index in [4.69, 9.17) is 5.11 Å². The van der Waals surface area contributed by atoms with Gasteiger partial charge in [-0.1, -0.05) is 15.9 Å². The molecule has 1 aromatic carbocycles. The van der Waals surface area contributed by atoms with Gasteiger partial charge in [0.15, 0.2) is 0 Å². The quantitative estimate of drug-likeness (QED) is 0.786. The molecule has 16 heavy (non-hydrogen) atoms. The van der Waals surface area contributed by atoms with Crippen molar-refractivity contribution >= 4 is 33.4 Å². The van der Waals surface area contributed by atoms with Crippen molar-refractivity contribution in [3.8, 4) is 0 Å². The molecule has 0 fully saturated rings. The number of carboxylic acids is 1. The van der Waals surface area contributed by atoms with Gasteiger partial charge in [0.2, 0.25) is 0 Å². The molecule has 0 saturated carbocycles. The second-order valence-corrected chi connectivity index (χ2v) is 3.79. The maximum Gasteiger partial charge on any atom is 0.335 e. The molecule has 1 rings (SSSR count). The van der Waals surface area contributed by atoms with Gasteiger partial charge in [-0.05, 0) is 24.3 Å². The predicted molar refractivity (Wildman–Crippen MR) is 65.3 cm³/mol. The van der Waals surface area contributed by atoms with Crippen LogP contribution in [0.4, 0.5) is 5.69 Å². The Morgan fingerprint density at radius 3 is 2.38 bits per heavy atom. The number of carboxylic acid groups (broad SMARTS) is 1. The first-order valence-electron chi connectivity index (χ1n) is 4.78. The maximum atomic E-state index is 11.0. The lowest BCUT2D eigenvalue weighted by molar-refractivity contribution is -0.116. The Kier molecular flexibility index (Phi) is 4.98. The van der Waals surface area contributed by atoms with E-state index >= 15 is 0 Å². The van der Waals surface area contributed by atoms with Crippen LogP contribution in [0.3, 0.4) is 0 Å². The van der Waals surface area contributed by atoms with Gasteiger partial charge in [-0.3, -0.25) is 4.79 Å². The summed E-state index contributed by atoms with van der Waals surface area (Å²) in [6.45, 7) is 0.552. The van der Waals surface area contributed by atoms with Crippen LogP contribution in [-0.2, 0) is 4.79 Å². The minimum absolute atomic E-state index is 0.134. The van der Waals surface area contributed by atoms with Gasteiger partial charge in [-0.15, -0.1) is 0 Å². The van der Waals surface area contributed by atoms with Crippen molar-refractivity contribution in [1.82, 2.24) is 0 Å². The highest BCUT2D eigenvalue weighted by Crippen LogP contribution is 2.09. The molecule has 5 heteroatoms. The number of hydrogen-bond acceptors (Lipinski definition) is 3. The van der Waals surface area contributed by atoms with Crippen LogP contribution in [0.1, 0.15) is 16.8 Å². The first kappa shape index (κ1) is 12.7. The molecule has 0 spiro atoms. The summed E-state index contributed by atoms with van der Waals surface area (Å²) in [5.74, 6) is -0.810. The Labute approximate surface area is 102 Å². The average molecular weight is 286 g/mol. The van der Waals surface area contributed by atoms with E-state index < -0.39 is 5.97 Å². The van der Waals surface area contributed by atoms with E-state index in [1.165, 1.54) is 12.1 Å². The van der Waals surface area contributed by atoms with Gasteiger partial charge in [0.1, 0.15) is 5.78 Å². The summed E-state index contributed by atoms with van der Waals surface area (Å²) in [5.41, 5.74) is 1.06. The van der Waals surface area contributed by atoms with Crippen LogP contribution in [0.15, 0.2) is 24.3 Å². The highest BCUT2D eigenvalue weighted by Gasteiger charge is 2.02. The molecule has 0 aliphatic carbocycles. The molecule has 0 bridgehead atoms. The topological polar surface area (TPSA) is 66.4 Å². The molecule has 0 saturated heterocycles. The smallest absolute Gasteiger partial charge is 0.335 e. The lowest BCUT2D eigenvalue weighted by Crippen LogP contribution is -2.09. The number of anilines is 1. The van der Waals surface area contributed by atoms with E-state index in [-0.39, 0.29) is 11.3 Å². The van der Waals surface area contributed by atoms with Crippen LogP contribution < -0.4 is 5.32 Å². The van der Waals surface area contributed by atoms with Crippen molar-refractivity contribution < 1.29 is 14.7 Å². The first-order valence-corrected chi connectivity index (χ1v) is 5.90. The Morgan fingerprint density at radius 1 is 1.25 bits per heavy atom. The minimum atomic E-state index is -0.944. The number of Topliss-reactive ketones (excluding diaryl/α,β-unsaturated/α-hetero) is 1. The monoisotopic (exact) mass is 285 g/mol. The molecule has 0 aliphatic rings. The summed E-state index contributed by atoms with van der Waals surface area (Å²) in [6.07, 6.45) is 0.450. The molecule has 2 N–H and O–H groups in total. The zero-order chi connectivity index (χ0) is 12.0. The van der Waals surface area contributed by atoms with Crippen LogP contribution in [-0.4, -0.2) is 28.7 Å². The third kappa shape index (κ3) is 4.02. The zero-order valence-corrected chi connectivity index (χ0v) is 10.2. The maximum absolute atomic E-state index is 11.0. The second-order valence-electron chi connectivity index (χ2n) is 3.23. The van der Waals surface area contributed by atoms with E-state index in [2.05, 4.69) is 21.2 Å². The average Bonchev–Trinajstić information content (AvgIpc) is 2.29. The van der Waals surface area contributed by atoms with E-state index in [0.717, 1.165) is 5.69 Å². The van der Waals surface area contributed by atoms with E-state index in [1.807, 2.05) is 0 Å². The van der Waals surface area contributed by atoms with Crippen LogP contribution in [0.5, 0.6) is 0 Å². The number of aromatic carboxylic acids is 1. The molecule has 0 amide bonds. The van der Waals surface area contributed by atoms with E-state index in [0.29, 0.717) is 18.3 Å². The first-order chi connectivity index (χ1) is 7.63. The van der Waals surface area contributed by atoms with Crippen molar-refractivity contribution in [2.24, 2.45) is 0 Å². The normalized spacial score (nSPS) is 9.81. The van der Waals surface area contributed by atoms with Gasteiger partial charge in [-0.25, -0.2) is 4.79 Å². The fraction of sp³-hybridized carbons (Fsp3) is 0.273. The number of carbonyl (C=O) groups is 2. The van der Waals surface area contributed by atoms with Crippen molar-refractivity contribution in [2.75, 3.05) is 17.2 Å². The van der Waals surface area contributed by atoms with E-state index in [9.17, 15) is 9.59 Å². The number of carbonyl (C=O) groups excluding carboxylic acids is 1. The van der Waals surface area contributed by atoms with Crippen LogP contribution in [0, 0.1) is 0 Å². The molecular formula is C11H12BrNO3. The molecule has 0 atom stereocenters. The Balaban J connectivity index is 2.43. The third-order valence-corrected chi connectivity index (χ3v) is 2.64. The zero-order valence-electron chi connectivity index (χ0n) is 8.57. The number of rotatable bonds is 6. The van der Waals surface area contributed by atoms with Crippen LogP contribution in [0.2, 0.25) is 0 Å². The van der Waals surface area contributed by atoms with Crippen molar-refractivity contribution in [1.29, 1.82) is 0 Å². The molecule has 86 valence electrons. The number of benzene rings is 1. The van der Waals surface area contributed by atoms with Crippen LogP contribution in [0.25, 0.3) is 0 Å². The number of nitrogens with one attached hydrogen (secondary N) is 1. The lowest BCUT2D eigenvalue weighted by Gasteiger charge is -2.05. The number of ketones is 1. The number of alkyl halides is 1. The molecule has 0 aromatic heterocycles. The standard InChI is InChI=1S/C11H12BrNO3/c12-7-10(14)5-6-13-9-3-1-8(2-4-9)11(15)16/h1-4,13H,5-7H2,(H,15,16). The SMILES string of the molecule is O=C(CBr)CCNc1ccc(C(=O)O)cc1. The van der Waals surface area contributed by atoms with Gasteiger partial charge >= 0.3 is 5.97 Å². The second kappa shape index (κ2) is 6.27. The predicted octanol–water partition coefficient (Wildman–Crippen LogP) is 2.15. The lowest BCUT2D eigenvalue weighted by atomic mass is 10.2. The van der Waals surface area contributed by atoms with Gasteiger partial charge in [0.05, 0.1) is 10.9 Å². The Bertz CT molecular complexity index is 375. The Hall–Kier alpha value is -1.36. The summed E-state index contributed by atoms with van der Waals surface area (Å²) in [7, 11) is 0. The largest absolute Gasteiger partial charge is 0.478 e.